The van der Waals surface area contributed by atoms with Gasteiger partial charge in [0.25, 0.3) is 0 Å². The molecule has 0 aliphatic rings. The fourth-order valence-electron chi connectivity index (χ4n) is 2.79. The monoisotopic (exact) mass is 256 g/mol. The van der Waals surface area contributed by atoms with E-state index in [1.54, 1.807) is 0 Å². The Labute approximate surface area is 117 Å². The van der Waals surface area contributed by atoms with Crippen LogP contribution in [-0.2, 0) is 0 Å². The molecule has 2 aromatic heterocycles. The molecular formula is C19H14N+. The van der Waals surface area contributed by atoms with Gasteiger partial charge in [-0.1, -0.05) is 48.5 Å². The van der Waals surface area contributed by atoms with Crippen molar-refractivity contribution in [2.75, 3.05) is 0 Å². The second kappa shape index (κ2) is 4.46. The second-order valence-electron chi connectivity index (χ2n) is 4.95. The lowest BCUT2D eigenvalue weighted by Gasteiger charge is -2.05. The predicted molar refractivity (Wildman–Crippen MR) is 82.5 cm³/mol. The van der Waals surface area contributed by atoms with Gasteiger partial charge in [0.2, 0.25) is 5.52 Å². The van der Waals surface area contributed by atoms with E-state index in [-0.39, 0.29) is 0 Å². The maximum Gasteiger partial charge on any atom is 0.218 e. The third-order valence-electron chi connectivity index (χ3n) is 3.74. The number of nitrogens with zero attached hydrogens (tertiary/aromatic N) is 1. The first-order valence-corrected chi connectivity index (χ1v) is 6.81. The fourth-order valence-corrected chi connectivity index (χ4v) is 2.79. The Hall–Kier alpha value is -2.67. The molecule has 0 fully saturated rings. The van der Waals surface area contributed by atoms with Crippen molar-refractivity contribution in [1.29, 1.82) is 0 Å². The number of hydrogen-bond acceptors (Lipinski definition) is 0. The van der Waals surface area contributed by atoms with Gasteiger partial charge in [-0.15, -0.1) is 0 Å². The van der Waals surface area contributed by atoms with Gasteiger partial charge in [-0.25, -0.2) is 0 Å². The van der Waals surface area contributed by atoms with Gasteiger partial charge in [0, 0.05) is 17.5 Å². The smallest absolute Gasteiger partial charge is 0.166 e. The summed E-state index contributed by atoms with van der Waals surface area (Å²) < 4.78 is 2.20. The zero-order valence-corrected chi connectivity index (χ0v) is 11.0. The van der Waals surface area contributed by atoms with Crippen molar-refractivity contribution in [3.8, 4) is 11.1 Å². The number of fused-ring (bicyclic) bond motifs is 3. The van der Waals surface area contributed by atoms with Crippen LogP contribution in [-0.4, -0.2) is 0 Å². The Morgan fingerprint density at radius 3 is 2.15 bits per heavy atom. The number of aromatic nitrogens is 1. The van der Waals surface area contributed by atoms with E-state index in [9.17, 15) is 0 Å². The average molecular weight is 256 g/mol. The normalized spacial score (nSPS) is 11.0. The molecule has 0 saturated heterocycles. The van der Waals surface area contributed by atoms with Gasteiger partial charge < -0.3 is 0 Å². The van der Waals surface area contributed by atoms with Crippen LogP contribution in [0, 0.1) is 0 Å². The molecule has 0 N–H and O–H groups in total. The van der Waals surface area contributed by atoms with Crippen LogP contribution in [0.5, 0.6) is 0 Å². The first-order chi connectivity index (χ1) is 9.93. The predicted octanol–water partition coefficient (Wildman–Crippen LogP) is 4.25. The zero-order chi connectivity index (χ0) is 13.4. The van der Waals surface area contributed by atoms with Crippen LogP contribution in [0.1, 0.15) is 0 Å². The lowest BCUT2D eigenvalue weighted by atomic mass is 9.99. The number of benzene rings is 2. The SMILES string of the molecule is c1ccc(-c2c[n+]3ccccc3c3ccccc23)cc1. The minimum atomic E-state index is 1.24. The van der Waals surface area contributed by atoms with E-state index >= 15 is 0 Å². The Balaban J connectivity index is 2.19. The van der Waals surface area contributed by atoms with Crippen molar-refractivity contribution < 1.29 is 4.40 Å². The van der Waals surface area contributed by atoms with Crippen LogP contribution in [0.2, 0.25) is 0 Å². The largest absolute Gasteiger partial charge is 0.218 e. The average Bonchev–Trinajstić information content (AvgIpc) is 2.55. The maximum absolute atomic E-state index is 2.22. The van der Waals surface area contributed by atoms with Crippen LogP contribution in [0.4, 0.5) is 0 Å². The highest BCUT2D eigenvalue weighted by Crippen LogP contribution is 2.28. The Morgan fingerprint density at radius 1 is 0.600 bits per heavy atom. The van der Waals surface area contributed by atoms with Crippen LogP contribution < -0.4 is 4.40 Å². The molecule has 0 spiro atoms. The molecule has 4 rings (SSSR count). The molecule has 94 valence electrons. The standard InChI is InChI=1S/C19H14N/c1-2-8-15(9-3-1)18-14-20-13-7-6-12-19(20)17-11-5-4-10-16(17)18/h1-14H/q+1. The second-order valence-corrected chi connectivity index (χ2v) is 4.95. The maximum atomic E-state index is 2.22. The summed E-state index contributed by atoms with van der Waals surface area (Å²) in [7, 11) is 0. The van der Waals surface area contributed by atoms with Gasteiger partial charge in [0.15, 0.2) is 12.4 Å². The molecule has 0 aliphatic carbocycles. The summed E-state index contributed by atoms with van der Waals surface area (Å²) in [5, 5.41) is 2.58. The summed E-state index contributed by atoms with van der Waals surface area (Å²) in [6.07, 6.45) is 4.32. The van der Waals surface area contributed by atoms with Gasteiger partial charge in [-0.05, 0) is 17.7 Å². The molecule has 1 heteroatoms. The molecule has 0 bridgehead atoms. The topological polar surface area (TPSA) is 4.10 Å². The number of hydrogen-bond donors (Lipinski definition) is 0. The molecule has 4 aromatic rings. The summed E-state index contributed by atoms with van der Waals surface area (Å²) in [5.74, 6) is 0. The number of rotatable bonds is 1. The third kappa shape index (κ3) is 1.68. The molecule has 0 atom stereocenters. The van der Waals surface area contributed by atoms with E-state index in [2.05, 4.69) is 89.6 Å². The molecule has 0 unspecified atom stereocenters. The molecule has 1 nitrogen and oxygen atoms in total. The highest BCUT2D eigenvalue weighted by molar-refractivity contribution is 6.02. The highest BCUT2D eigenvalue weighted by Gasteiger charge is 2.13. The molecule has 2 heterocycles. The Morgan fingerprint density at radius 2 is 1.30 bits per heavy atom. The van der Waals surface area contributed by atoms with E-state index in [4.69, 9.17) is 0 Å². The van der Waals surface area contributed by atoms with Crippen molar-refractivity contribution in [3.05, 3.63) is 85.2 Å². The molecule has 0 aliphatic heterocycles. The minimum absolute atomic E-state index is 1.24. The quantitative estimate of drug-likeness (QED) is 0.354. The van der Waals surface area contributed by atoms with Crippen molar-refractivity contribution >= 4 is 16.3 Å². The fraction of sp³-hybridized carbons (Fsp3) is 0. The summed E-state index contributed by atoms with van der Waals surface area (Å²) >= 11 is 0. The van der Waals surface area contributed by atoms with E-state index in [1.807, 2.05) is 0 Å². The van der Waals surface area contributed by atoms with Gasteiger partial charge >= 0.3 is 0 Å². The summed E-state index contributed by atoms with van der Waals surface area (Å²) in [6.45, 7) is 0. The van der Waals surface area contributed by atoms with Crippen LogP contribution in [0.15, 0.2) is 85.2 Å². The summed E-state index contributed by atoms with van der Waals surface area (Å²) in [4.78, 5) is 0. The lowest BCUT2D eigenvalue weighted by molar-refractivity contribution is -0.510. The van der Waals surface area contributed by atoms with Gasteiger partial charge in [-0.3, -0.25) is 0 Å². The zero-order valence-electron chi connectivity index (χ0n) is 11.0. The van der Waals surface area contributed by atoms with Crippen molar-refractivity contribution in [3.63, 3.8) is 0 Å². The first kappa shape index (κ1) is 11.2. The van der Waals surface area contributed by atoms with E-state index < -0.39 is 0 Å². The summed E-state index contributed by atoms with van der Waals surface area (Å²) in [6, 6.07) is 25.5. The van der Waals surface area contributed by atoms with Crippen LogP contribution in [0.3, 0.4) is 0 Å². The highest BCUT2D eigenvalue weighted by atomic mass is 14.8. The summed E-state index contributed by atoms with van der Waals surface area (Å²) in [5.41, 5.74) is 3.76. The van der Waals surface area contributed by atoms with E-state index in [0.717, 1.165) is 0 Å². The molecule has 0 amide bonds. The molecule has 0 radical (unpaired) electrons. The Kier molecular flexibility index (Phi) is 2.49. The molecule has 20 heavy (non-hydrogen) atoms. The third-order valence-corrected chi connectivity index (χ3v) is 3.74. The molecule has 0 saturated carbocycles. The molecular weight excluding hydrogens is 242 g/mol. The lowest BCUT2D eigenvalue weighted by Crippen LogP contribution is -2.20. The van der Waals surface area contributed by atoms with Gasteiger partial charge in [-0.2, -0.15) is 4.40 Å². The van der Waals surface area contributed by atoms with Crippen LogP contribution >= 0.6 is 0 Å². The molecule has 2 aromatic carbocycles. The van der Waals surface area contributed by atoms with Gasteiger partial charge in [0.1, 0.15) is 0 Å². The number of pyridine rings is 2. The van der Waals surface area contributed by atoms with Gasteiger partial charge in [0.05, 0.1) is 10.9 Å². The minimum Gasteiger partial charge on any atom is -0.166 e. The van der Waals surface area contributed by atoms with E-state index in [1.165, 1.54) is 27.4 Å². The van der Waals surface area contributed by atoms with Crippen molar-refractivity contribution in [2.45, 2.75) is 0 Å². The first-order valence-electron chi connectivity index (χ1n) is 6.81. The van der Waals surface area contributed by atoms with E-state index in [0.29, 0.717) is 0 Å². The van der Waals surface area contributed by atoms with Crippen molar-refractivity contribution in [1.82, 2.24) is 0 Å². The van der Waals surface area contributed by atoms with Crippen LogP contribution in [0.25, 0.3) is 27.4 Å². The Bertz CT molecular complexity index is 895. The van der Waals surface area contributed by atoms with Crippen molar-refractivity contribution in [2.24, 2.45) is 0 Å².